The third-order valence-electron chi connectivity index (χ3n) is 4.21. The molecule has 24 heavy (non-hydrogen) atoms. The number of nitrogens with one attached hydrogen (secondary N) is 3. The fourth-order valence-electron chi connectivity index (χ4n) is 2.93. The zero-order chi connectivity index (χ0) is 16.8. The maximum atomic E-state index is 13.8. The quantitative estimate of drug-likeness (QED) is 0.758. The fraction of sp³-hybridized carbons (Fsp3) is 0.529. The van der Waals surface area contributed by atoms with Crippen molar-refractivity contribution in [3.05, 3.63) is 24.0 Å². The molecule has 1 saturated heterocycles. The Bertz CT molecular complexity index is 577. The molecule has 3 N–H and O–H groups in total. The maximum Gasteiger partial charge on any atom is 0.224 e. The second-order valence-corrected chi connectivity index (χ2v) is 6.21. The Morgan fingerprint density at radius 3 is 2.75 bits per heavy atom. The topological polar surface area (TPSA) is 70.2 Å². The Balaban J connectivity index is 0.00000288. The monoisotopic (exact) mass is 357 g/mol. The molecular weight excluding hydrogens is 333 g/mol. The highest BCUT2D eigenvalue weighted by atomic mass is 35.5. The number of rotatable bonds is 5. The molecule has 134 valence electrons. The molecule has 1 heterocycles. The summed E-state index contributed by atoms with van der Waals surface area (Å²) in [4.78, 5) is 23.2. The average molecular weight is 358 g/mol. The summed E-state index contributed by atoms with van der Waals surface area (Å²) in [6.07, 6.45) is 2.61. The van der Waals surface area contributed by atoms with E-state index in [0.29, 0.717) is 18.0 Å². The van der Waals surface area contributed by atoms with E-state index in [2.05, 4.69) is 22.9 Å². The van der Waals surface area contributed by atoms with Crippen LogP contribution in [-0.4, -0.2) is 24.9 Å². The van der Waals surface area contributed by atoms with Gasteiger partial charge in [0, 0.05) is 19.0 Å². The molecule has 0 radical (unpaired) electrons. The van der Waals surface area contributed by atoms with Gasteiger partial charge in [-0.1, -0.05) is 6.92 Å². The Morgan fingerprint density at radius 2 is 2.12 bits per heavy atom. The van der Waals surface area contributed by atoms with Crippen molar-refractivity contribution < 1.29 is 14.0 Å². The van der Waals surface area contributed by atoms with Crippen LogP contribution in [0, 0.1) is 17.7 Å². The smallest absolute Gasteiger partial charge is 0.224 e. The number of hydrogen-bond acceptors (Lipinski definition) is 3. The van der Waals surface area contributed by atoms with Crippen LogP contribution in [0.1, 0.15) is 33.1 Å². The van der Waals surface area contributed by atoms with Crippen LogP contribution in [0.5, 0.6) is 0 Å². The van der Waals surface area contributed by atoms with Crippen molar-refractivity contribution in [3.8, 4) is 0 Å². The van der Waals surface area contributed by atoms with Crippen LogP contribution >= 0.6 is 12.4 Å². The number of benzene rings is 1. The summed E-state index contributed by atoms with van der Waals surface area (Å²) in [6, 6.07) is 4.12. The van der Waals surface area contributed by atoms with E-state index in [1.54, 1.807) is 0 Å². The standard InChI is InChI=1S/C17H24FN3O2.ClH/c1-11(13-4-3-7-19-10-13)8-17(23)21-16-9-14(20-12(2)22)5-6-15(16)18;/h5-6,9,11,13,19H,3-4,7-8,10H2,1-2H3,(H,20,22)(H,21,23);1H. The van der Waals surface area contributed by atoms with Gasteiger partial charge in [0.25, 0.3) is 0 Å². The first kappa shape index (κ1) is 20.4. The lowest BCUT2D eigenvalue weighted by Gasteiger charge is -2.28. The first-order valence-corrected chi connectivity index (χ1v) is 8.03. The van der Waals surface area contributed by atoms with Crippen molar-refractivity contribution in [3.63, 3.8) is 0 Å². The van der Waals surface area contributed by atoms with Crippen LogP contribution in [0.4, 0.5) is 15.8 Å². The van der Waals surface area contributed by atoms with E-state index < -0.39 is 5.82 Å². The van der Waals surface area contributed by atoms with E-state index in [1.807, 2.05) is 0 Å². The Hall–Kier alpha value is -1.66. The van der Waals surface area contributed by atoms with Gasteiger partial charge in [0.2, 0.25) is 11.8 Å². The zero-order valence-electron chi connectivity index (χ0n) is 14.0. The van der Waals surface area contributed by atoms with Gasteiger partial charge in [-0.2, -0.15) is 0 Å². The summed E-state index contributed by atoms with van der Waals surface area (Å²) in [5.41, 5.74) is 0.550. The Morgan fingerprint density at radius 1 is 1.38 bits per heavy atom. The minimum absolute atomic E-state index is 0. The van der Waals surface area contributed by atoms with Crippen LogP contribution in [0.2, 0.25) is 0 Å². The number of piperidine rings is 1. The molecule has 1 aliphatic heterocycles. The van der Waals surface area contributed by atoms with Crippen molar-refractivity contribution >= 4 is 35.6 Å². The van der Waals surface area contributed by atoms with Gasteiger partial charge in [0.1, 0.15) is 5.82 Å². The zero-order valence-corrected chi connectivity index (χ0v) is 14.8. The van der Waals surface area contributed by atoms with Gasteiger partial charge in [0.05, 0.1) is 5.69 Å². The molecule has 1 aromatic carbocycles. The molecule has 2 atom stereocenters. The Labute approximate surface area is 148 Å². The number of carbonyl (C=O) groups is 2. The lowest BCUT2D eigenvalue weighted by Crippen LogP contribution is -2.34. The van der Waals surface area contributed by atoms with Crippen molar-refractivity contribution in [1.29, 1.82) is 0 Å². The normalized spacial score (nSPS) is 18.2. The van der Waals surface area contributed by atoms with Crippen molar-refractivity contribution in [2.75, 3.05) is 23.7 Å². The van der Waals surface area contributed by atoms with Gasteiger partial charge in [-0.15, -0.1) is 12.4 Å². The lowest BCUT2D eigenvalue weighted by atomic mass is 9.85. The Kier molecular flexibility index (Phi) is 8.15. The first-order chi connectivity index (χ1) is 11.0. The second-order valence-electron chi connectivity index (χ2n) is 6.21. The largest absolute Gasteiger partial charge is 0.326 e. The number of anilines is 2. The molecule has 2 unspecified atom stereocenters. The molecule has 1 fully saturated rings. The summed E-state index contributed by atoms with van der Waals surface area (Å²) in [5.74, 6) is -0.247. The van der Waals surface area contributed by atoms with E-state index in [1.165, 1.54) is 25.1 Å². The van der Waals surface area contributed by atoms with Crippen LogP contribution in [0.15, 0.2) is 18.2 Å². The lowest BCUT2D eigenvalue weighted by molar-refractivity contribution is -0.117. The maximum absolute atomic E-state index is 13.8. The third kappa shape index (κ3) is 6.09. The predicted octanol–water partition coefficient (Wildman–Crippen LogP) is 3.17. The second kappa shape index (κ2) is 9.59. The number of halogens is 2. The number of carbonyl (C=O) groups excluding carboxylic acids is 2. The molecule has 7 heteroatoms. The molecule has 0 aromatic heterocycles. The molecule has 2 rings (SSSR count). The molecule has 0 aliphatic carbocycles. The van der Waals surface area contributed by atoms with Gasteiger partial charge in [-0.3, -0.25) is 9.59 Å². The fourth-order valence-corrected chi connectivity index (χ4v) is 2.93. The van der Waals surface area contributed by atoms with Gasteiger partial charge >= 0.3 is 0 Å². The molecule has 5 nitrogen and oxygen atoms in total. The van der Waals surface area contributed by atoms with Crippen LogP contribution in [0.25, 0.3) is 0 Å². The van der Waals surface area contributed by atoms with Gasteiger partial charge < -0.3 is 16.0 Å². The van der Waals surface area contributed by atoms with Crippen LogP contribution in [0.3, 0.4) is 0 Å². The van der Waals surface area contributed by atoms with Crippen molar-refractivity contribution in [2.45, 2.75) is 33.1 Å². The first-order valence-electron chi connectivity index (χ1n) is 8.03. The average Bonchev–Trinajstić information content (AvgIpc) is 2.51. The van der Waals surface area contributed by atoms with E-state index >= 15 is 0 Å². The van der Waals surface area contributed by atoms with Gasteiger partial charge in [0.15, 0.2) is 0 Å². The highest BCUT2D eigenvalue weighted by Crippen LogP contribution is 2.24. The minimum atomic E-state index is -0.514. The third-order valence-corrected chi connectivity index (χ3v) is 4.21. The summed E-state index contributed by atoms with van der Waals surface area (Å²) in [5, 5.41) is 8.52. The van der Waals surface area contributed by atoms with E-state index in [9.17, 15) is 14.0 Å². The molecular formula is C17H25ClFN3O2. The SMILES string of the molecule is CC(=O)Nc1ccc(F)c(NC(=O)CC(C)C2CCCNC2)c1.Cl. The molecule has 1 aliphatic rings. The summed E-state index contributed by atoms with van der Waals surface area (Å²) in [6.45, 7) is 5.40. The van der Waals surface area contributed by atoms with Crippen molar-refractivity contribution in [1.82, 2.24) is 5.32 Å². The van der Waals surface area contributed by atoms with Gasteiger partial charge in [-0.25, -0.2) is 4.39 Å². The summed E-state index contributed by atoms with van der Waals surface area (Å²) < 4.78 is 13.8. The van der Waals surface area contributed by atoms with Crippen LogP contribution < -0.4 is 16.0 Å². The molecule has 0 bridgehead atoms. The van der Waals surface area contributed by atoms with Gasteiger partial charge in [-0.05, 0) is 56.0 Å². The molecule has 2 amide bonds. The predicted molar refractivity (Wildman–Crippen MR) is 96.0 cm³/mol. The van der Waals surface area contributed by atoms with Crippen LogP contribution in [-0.2, 0) is 9.59 Å². The van der Waals surface area contributed by atoms with E-state index in [0.717, 1.165) is 25.9 Å². The summed E-state index contributed by atoms with van der Waals surface area (Å²) >= 11 is 0. The van der Waals surface area contributed by atoms with E-state index in [-0.39, 0.29) is 35.8 Å². The summed E-state index contributed by atoms with van der Waals surface area (Å²) in [7, 11) is 0. The highest BCUT2D eigenvalue weighted by Gasteiger charge is 2.22. The molecule has 0 spiro atoms. The van der Waals surface area contributed by atoms with E-state index in [4.69, 9.17) is 0 Å². The minimum Gasteiger partial charge on any atom is -0.326 e. The molecule has 0 saturated carbocycles. The highest BCUT2D eigenvalue weighted by molar-refractivity contribution is 5.93. The molecule has 1 aromatic rings. The number of hydrogen-bond donors (Lipinski definition) is 3. The van der Waals surface area contributed by atoms with Crippen molar-refractivity contribution in [2.24, 2.45) is 11.8 Å². The number of amides is 2.